The van der Waals surface area contributed by atoms with Crippen LogP contribution in [0.4, 0.5) is 0 Å². The lowest BCUT2D eigenvalue weighted by molar-refractivity contribution is 0.307. The van der Waals surface area contributed by atoms with Crippen LogP contribution in [0.2, 0.25) is 0 Å². The highest BCUT2D eigenvalue weighted by Gasteiger charge is 2.21. The monoisotopic (exact) mass is 416 g/mol. The zero-order valence-electron chi connectivity index (χ0n) is 12.2. The molecule has 0 atom stereocenters. The van der Waals surface area contributed by atoms with Crippen molar-refractivity contribution in [2.24, 2.45) is 0 Å². The number of rotatable bonds is 4. The molecule has 2 aromatic carbocycles. The molecule has 0 heterocycles. The molecule has 5 heteroatoms. The van der Waals surface area contributed by atoms with E-state index in [4.69, 9.17) is 4.18 Å². The topological polar surface area (TPSA) is 43.4 Å². The van der Waals surface area contributed by atoms with E-state index in [0.717, 1.165) is 25.8 Å². The maximum Gasteiger partial charge on any atom is 0.297 e. The first-order valence-corrected chi connectivity index (χ1v) is 9.00. The van der Waals surface area contributed by atoms with Crippen LogP contribution in [0.1, 0.15) is 22.3 Å². The van der Waals surface area contributed by atoms with Crippen LogP contribution in [-0.2, 0) is 20.9 Å². The van der Waals surface area contributed by atoms with E-state index in [2.05, 4.69) is 22.6 Å². The third-order valence-electron chi connectivity index (χ3n) is 3.18. The molecule has 2 aromatic rings. The van der Waals surface area contributed by atoms with Gasteiger partial charge in [-0.1, -0.05) is 35.9 Å². The van der Waals surface area contributed by atoms with Crippen molar-refractivity contribution in [3.05, 3.63) is 62.2 Å². The second-order valence-corrected chi connectivity index (χ2v) is 7.75. The minimum Gasteiger partial charge on any atom is -0.261 e. The number of halogens is 1. The van der Waals surface area contributed by atoms with E-state index >= 15 is 0 Å². The maximum atomic E-state index is 12.4. The van der Waals surface area contributed by atoms with Crippen molar-refractivity contribution in [1.29, 1.82) is 0 Å². The van der Waals surface area contributed by atoms with Gasteiger partial charge in [0.2, 0.25) is 0 Å². The summed E-state index contributed by atoms with van der Waals surface area (Å²) >= 11 is 2.17. The van der Waals surface area contributed by atoms with Gasteiger partial charge in [-0.05, 0) is 66.1 Å². The van der Waals surface area contributed by atoms with Crippen LogP contribution in [0.5, 0.6) is 0 Å². The van der Waals surface area contributed by atoms with Crippen molar-refractivity contribution in [1.82, 2.24) is 0 Å². The summed E-state index contributed by atoms with van der Waals surface area (Å²) in [5, 5.41) is 0. The molecule has 3 nitrogen and oxygen atoms in total. The van der Waals surface area contributed by atoms with Crippen molar-refractivity contribution >= 4 is 32.7 Å². The van der Waals surface area contributed by atoms with Crippen LogP contribution in [0, 0.1) is 24.3 Å². The SMILES string of the molecule is Cc1cc(C)c(S(=O)(=O)OCc2ccccc2I)c(C)c1. The molecule has 0 amide bonds. The Hall–Kier alpha value is -0.920. The predicted molar refractivity (Wildman–Crippen MR) is 91.8 cm³/mol. The highest BCUT2D eigenvalue weighted by atomic mass is 127. The molecule has 0 fully saturated rings. The van der Waals surface area contributed by atoms with Gasteiger partial charge in [-0.25, -0.2) is 0 Å². The molecule has 0 bridgehead atoms. The lowest BCUT2D eigenvalue weighted by Crippen LogP contribution is -2.10. The average Bonchev–Trinajstić information content (AvgIpc) is 2.36. The second kappa shape index (κ2) is 6.46. The lowest BCUT2D eigenvalue weighted by atomic mass is 10.1. The molecule has 0 aromatic heterocycles. The summed E-state index contributed by atoms with van der Waals surface area (Å²) < 4.78 is 31.1. The van der Waals surface area contributed by atoms with Gasteiger partial charge in [-0.15, -0.1) is 0 Å². The smallest absolute Gasteiger partial charge is 0.261 e. The van der Waals surface area contributed by atoms with Gasteiger partial charge in [0.05, 0.1) is 11.5 Å². The van der Waals surface area contributed by atoms with Gasteiger partial charge < -0.3 is 0 Å². The van der Waals surface area contributed by atoms with Crippen molar-refractivity contribution in [3.8, 4) is 0 Å². The van der Waals surface area contributed by atoms with Gasteiger partial charge in [0.15, 0.2) is 0 Å². The Bertz CT molecular complexity index is 744. The van der Waals surface area contributed by atoms with Crippen LogP contribution < -0.4 is 0 Å². The first kappa shape index (κ1) is 16.5. The Morgan fingerprint density at radius 2 is 1.62 bits per heavy atom. The Balaban J connectivity index is 2.30. The summed E-state index contributed by atoms with van der Waals surface area (Å²) in [7, 11) is -3.76. The molecule has 2 rings (SSSR count). The highest BCUT2D eigenvalue weighted by Crippen LogP contribution is 2.25. The molecular formula is C16H17IO3S. The molecule has 0 radical (unpaired) electrons. The Morgan fingerprint density at radius 1 is 1.05 bits per heavy atom. The fourth-order valence-corrected chi connectivity index (χ4v) is 4.23. The van der Waals surface area contributed by atoms with Crippen LogP contribution in [0.15, 0.2) is 41.3 Å². The summed E-state index contributed by atoms with van der Waals surface area (Å²) in [6, 6.07) is 11.3. The fraction of sp³-hybridized carbons (Fsp3) is 0.250. The van der Waals surface area contributed by atoms with Crippen LogP contribution in [0.25, 0.3) is 0 Å². The highest BCUT2D eigenvalue weighted by molar-refractivity contribution is 14.1. The van der Waals surface area contributed by atoms with Crippen molar-refractivity contribution in [2.45, 2.75) is 32.3 Å². The zero-order valence-corrected chi connectivity index (χ0v) is 15.2. The van der Waals surface area contributed by atoms with Gasteiger partial charge in [-0.3, -0.25) is 4.18 Å². The Labute approximate surface area is 139 Å². The van der Waals surface area contributed by atoms with E-state index in [0.29, 0.717) is 0 Å². The standard InChI is InChI=1S/C16H17IO3S/c1-11-8-12(2)16(13(3)9-11)21(18,19)20-10-14-6-4-5-7-15(14)17/h4-9H,10H2,1-3H3. The van der Waals surface area contributed by atoms with E-state index in [1.807, 2.05) is 43.3 Å². The number of benzene rings is 2. The van der Waals surface area contributed by atoms with Gasteiger partial charge in [0.1, 0.15) is 0 Å². The van der Waals surface area contributed by atoms with E-state index in [9.17, 15) is 8.42 Å². The number of hydrogen-bond donors (Lipinski definition) is 0. The van der Waals surface area contributed by atoms with Crippen molar-refractivity contribution in [2.75, 3.05) is 0 Å². The van der Waals surface area contributed by atoms with E-state index < -0.39 is 10.1 Å². The maximum absolute atomic E-state index is 12.4. The quantitative estimate of drug-likeness (QED) is 0.557. The molecule has 0 aliphatic heterocycles. The summed E-state index contributed by atoms with van der Waals surface area (Å²) in [4.78, 5) is 0.277. The summed E-state index contributed by atoms with van der Waals surface area (Å²) in [6.07, 6.45) is 0. The molecule has 0 spiro atoms. The van der Waals surface area contributed by atoms with Crippen molar-refractivity contribution < 1.29 is 12.6 Å². The molecule has 0 saturated heterocycles. The molecule has 0 saturated carbocycles. The Kier molecular flexibility index (Phi) is 5.06. The number of hydrogen-bond acceptors (Lipinski definition) is 3. The summed E-state index contributed by atoms with van der Waals surface area (Å²) in [5.41, 5.74) is 3.34. The molecule has 112 valence electrons. The first-order valence-electron chi connectivity index (χ1n) is 6.52. The zero-order chi connectivity index (χ0) is 15.6. The van der Waals surface area contributed by atoms with Crippen LogP contribution >= 0.6 is 22.6 Å². The van der Waals surface area contributed by atoms with E-state index in [1.165, 1.54) is 0 Å². The minimum absolute atomic E-state index is 0.0498. The molecule has 0 N–H and O–H groups in total. The summed E-state index contributed by atoms with van der Waals surface area (Å²) in [6.45, 7) is 5.59. The summed E-state index contributed by atoms with van der Waals surface area (Å²) in [5.74, 6) is 0. The van der Waals surface area contributed by atoms with E-state index in [-0.39, 0.29) is 11.5 Å². The van der Waals surface area contributed by atoms with Crippen LogP contribution in [0.3, 0.4) is 0 Å². The van der Waals surface area contributed by atoms with Gasteiger partial charge in [0.25, 0.3) is 10.1 Å². The predicted octanol–water partition coefficient (Wildman–Crippen LogP) is 4.12. The van der Waals surface area contributed by atoms with Crippen molar-refractivity contribution in [3.63, 3.8) is 0 Å². The normalized spacial score (nSPS) is 11.6. The molecule has 0 aliphatic carbocycles. The number of aryl methyl sites for hydroxylation is 3. The molecule has 0 unspecified atom stereocenters. The minimum atomic E-state index is -3.76. The first-order chi connectivity index (χ1) is 9.81. The second-order valence-electron chi connectivity index (χ2n) is 5.04. The third-order valence-corrected chi connectivity index (χ3v) is 5.81. The van der Waals surface area contributed by atoms with E-state index in [1.54, 1.807) is 13.8 Å². The van der Waals surface area contributed by atoms with Gasteiger partial charge >= 0.3 is 0 Å². The Morgan fingerprint density at radius 3 is 2.19 bits per heavy atom. The van der Waals surface area contributed by atoms with Gasteiger partial charge in [-0.2, -0.15) is 8.42 Å². The largest absolute Gasteiger partial charge is 0.297 e. The lowest BCUT2D eigenvalue weighted by Gasteiger charge is -2.12. The molecular weight excluding hydrogens is 399 g/mol. The fourth-order valence-electron chi connectivity index (χ4n) is 2.38. The molecule has 0 aliphatic rings. The van der Waals surface area contributed by atoms with Crippen LogP contribution in [-0.4, -0.2) is 8.42 Å². The third kappa shape index (κ3) is 3.84. The average molecular weight is 416 g/mol. The molecule has 21 heavy (non-hydrogen) atoms. The van der Waals surface area contributed by atoms with Gasteiger partial charge in [0, 0.05) is 3.57 Å².